The van der Waals surface area contributed by atoms with Gasteiger partial charge in [0.2, 0.25) is 0 Å². The Kier molecular flexibility index (Phi) is 7.65. The van der Waals surface area contributed by atoms with Crippen molar-refractivity contribution in [2.75, 3.05) is 26.2 Å². The summed E-state index contributed by atoms with van der Waals surface area (Å²) < 4.78 is 0. The minimum Gasteiger partial charge on any atom is -0.373 e. The van der Waals surface area contributed by atoms with Crippen LogP contribution in [0.5, 0.6) is 0 Å². The van der Waals surface area contributed by atoms with Crippen LogP contribution < -0.4 is 0 Å². The van der Waals surface area contributed by atoms with Crippen LogP contribution in [0.4, 0.5) is 0 Å². The van der Waals surface area contributed by atoms with Crippen molar-refractivity contribution in [1.29, 1.82) is 0 Å². The largest absolute Gasteiger partial charge is 0.373 e. The average Bonchev–Trinajstić information content (AvgIpc) is 3.15. The molecule has 2 atom stereocenters. The van der Waals surface area contributed by atoms with Crippen LogP contribution in [0.3, 0.4) is 0 Å². The summed E-state index contributed by atoms with van der Waals surface area (Å²) in [4.78, 5) is 17.8. The van der Waals surface area contributed by atoms with Crippen LogP contribution in [-0.4, -0.2) is 47.8 Å². The van der Waals surface area contributed by atoms with Gasteiger partial charge in [-0.05, 0) is 76.1 Å². The lowest BCUT2D eigenvalue weighted by Gasteiger charge is -2.35. The normalized spacial score (nSPS) is 25.2. The maximum atomic E-state index is 12.6. The van der Waals surface area contributed by atoms with Crippen LogP contribution in [0.1, 0.15) is 70.3 Å². The number of hydrogen-bond acceptors (Lipinski definition) is 3. The first-order valence-corrected chi connectivity index (χ1v) is 12.5. The molecule has 2 aliphatic heterocycles. The summed E-state index contributed by atoms with van der Waals surface area (Å²) in [5.74, 6) is 1.78. The molecule has 1 saturated carbocycles. The van der Waals surface area contributed by atoms with Gasteiger partial charge < -0.3 is 9.80 Å². The van der Waals surface area contributed by atoms with Crippen LogP contribution in [0.2, 0.25) is 0 Å². The van der Waals surface area contributed by atoms with Crippen LogP contribution in [0.15, 0.2) is 42.1 Å². The number of fused-ring (bicyclic) bond motifs is 1. The average molecular weight is 409 g/mol. The molecule has 4 rings (SSSR count). The van der Waals surface area contributed by atoms with E-state index in [2.05, 4.69) is 53.3 Å². The van der Waals surface area contributed by atoms with Crippen LogP contribution in [-0.2, 0) is 11.2 Å². The van der Waals surface area contributed by atoms with Crippen LogP contribution in [0.25, 0.3) is 0 Å². The maximum Gasteiger partial charge on any atom is 0.160 e. The zero-order chi connectivity index (χ0) is 20.8. The van der Waals surface area contributed by atoms with E-state index in [1.165, 1.54) is 76.6 Å². The van der Waals surface area contributed by atoms with Gasteiger partial charge in [-0.1, -0.05) is 50.1 Å². The van der Waals surface area contributed by atoms with Crippen molar-refractivity contribution in [2.24, 2.45) is 11.8 Å². The molecule has 1 saturated heterocycles. The molecule has 2 unspecified atom stereocenters. The third kappa shape index (κ3) is 5.35. The highest BCUT2D eigenvalue weighted by Gasteiger charge is 2.38. The molecule has 0 N–H and O–H groups in total. The lowest BCUT2D eigenvalue weighted by molar-refractivity contribution is -0.116. The van der Waals surface area contributed by atoms with Crippen LogP contribution in [0, 0.1) is 11.8 Å². The third-order valence-corrected chi connectivity index (χ3v) is 7.62. The second-order valence-electron chi connectivity index (χ2n) is 9.78. The number of benzene rings is 1. The monoisotopic (exact) mass is 408 g/mol. The minimum absolute atomic E-state index is 0.414. The summed E-state index contributed by atoms with van der Waals surface area (Å²) in [5, 5.41) is 0. The molecule has 1 aromatic rings. The number of carbonyl (C=O) groups is 1. The molecule has 0 amide bonds. The highest BCUT2D eigenvalue weighted by atomic mass is 16.1. The quantitative estimate of drug-likeness (QED) is 0.542. The fourth-order valence-electron chi connectivity index (χ4n) is 5.96. The van der Waals surface area contributed by atoms with Crippen molar-refractivity contribution in [3.63, 3.8) is 0 Å². The Morgan fingerprint density at radius 1 is 1.00 bits per heavy atom. The predicted molar refractivity (Wildman–Crippen MR) is 124 cm³/mol. The van der Waals surface area contributed by atoms with E-state index in [0.29, 0.717) is 17.7 Å². The van der Waals surface area contributed by atoms with Gasteiger partial charge in [0, 0.05) is 36.7 Å². The first kappa shape index (κ1) is 21.6. The molecule has 0 bridgehead atoms. The number of hydrogen-bond donors (Lipinski definition) is 0. The van der Waals surface area contributed by atoms with E-state index < -0.39 is 0 Å². The first-order valence-electron chi connectivity index (χ1n) is 12.5. The first-order chi connectivity index (χ1) is 14.7. The Balaban J connectivity index is 1.22. The van der Waals surface area contributed by atoms with Gasteiger partial charge in [0.15, 0.2) is 5.78 Å². The van der Waals surface area contributed by atoms with E-state index in [1.807, 2.05) is 0 Å². The highest BCUT2D eigenvalue weighted by Crippen LogP contribution is 2.39. The predicted octanol–water partition coefficient (Wildman–Crippen LogP) is 5.46. The molecule has 1 aliphatic carbocycles. The van der Waals surface area contributed by atoms with Gasteiger partial charge in [-0.25, -0.2) is 0 Å². The number of carbonyl (C=O) groups excluding carboxylic acids is 1. The van der Waals surface area contributed by atoms with Gasteiger partial charge in [-0.3, -0.25) is 4.79 Å². The molecule has 3 heteroatoms. The standard InChI is InChI=1S/C27H40N2O/c1-2-9-27(30)25-21-29(26-13-7-6-12-24(25)26)17-8-16-28-18-14-23(15-19-28)20-22-10-4-3-5-11-22/h3-5,10-11,21,23-24,26H,2,6-9,12-20H2,1H3. The van der Waals surface area contributed by atoms with E-state index in [4.69, 9.17) is 0 Å². The number of Topliss-reactive ketones (excluding diaryl/α,β-unsaturated/α-hetero) is 1. The molecule has 30 heavy (non-hydrogen) atoms. The van der Waals surface area contributed by atoms with Crippen molar-refractivity contribution >= 4 is 5.78 Å². The van der Waals surface area contributed by atoms with Crippen LogP contribution >= 0.6 is 0 Å². The fourth-order valence-corrected chi connectivity index (χ4v) is 5.96. The number of ketones is 1. The Bertz CT molecular complexity index is 705. The molecule has 2 heterocycles. The molecule has 0 radical (unpaired) electrons. The van der Waals surface area contributed by atoms with Gasteiger partial charge >= 0.3 is 0 Å². The summed E-state index contributed by atoms with van der Waals surface area (Å²) in [7, 11) is 0. The smallest absolute Gasteiger partial charge is 0.160 e. The van der Waals surface area contributed by atoms with E-state index in [-0.39, 0.29) is 0 Å². The molecule has 164 valence electrons. The van der Waals surface area contributed by atoms with Gasteiger partial charge in [0.25, 0.3) is 0 Å². The van der Waals surface area contributed by atoms with Crippen molar-refractivity contribution in [1.82, 2.24) is 9.80 Å². The van der Waals surface area contributed by atoms with Crippen molar-refractivity contribution < 1.29 is 4.79 Å². The minimum atomic E-state index is 0.414. The zero-order valence-corrected chi connectivity index (χ0v) is 18.9. The Labute approximate surface area is 183 Å². The molecule has 1 aromatic carbocycles. The van der Waals surface area contributed by atoms with Gasteiger partial charge in [-0.15, -0.1) is 0 Å². The maximum absolute atomic E-state index is 12.6. The van der Waals surface area contributed by atoms with Crippen molar-refractivity contribution in [2.45, 2.75) is 77.2 Å². The third-order valence-electron chi connectivity index (χ3n) is 7.62. The van der Waals surface area contributed by atoms with E-state index >= 15 is 0 Å². The van der Waals surface area contributed by atoms with Gasteiger partial charge in [0.05, 0.1) is 0 Å². The second-order valence-corrected chi connectivity index (χ2v) is 9.78. The van der Waals surface area contributed by atoms with Crippen molar-refractivity contribution in [3.05, 3.63) is 47.7 Å². The number of piperidine rings is 1. The Morgan fingerprint density at radius 3 is 2.53 bits per heavy atom. The van der Waals surface area contributed by atoms with E-state index in [9.17, 15) is 4.79 Å². The molecule has 3 nitrogen and oxygen atoms in total. The highest BCUT2D eigenvalue weighted by molar-refractivity contribution is 5.96. The topological polar surface area (TPSA) is 23.6 Å². The number of rotatable bonds is 9. The summed E-state index contributed by atoms with van der Waals surface area (Å²) in [5.41, 5.74) is 2.65. The summed E-state index contributed by atoms with van der Waals surface area (Å²) in [6.45, 7) is 6.94. The molecular formula is C27H40N2O. The molecule has 3 aliphatic rings. The molecule has 0 aromatic heterocycles. The Hall–Kier alpha value is -1.61. The summed E-state index contributed by atoms with van der Waals surface area (Å²) >= 11 is 0. The van der Waals surface area contributed by atoms with Crippen molar-refractivity contribution in [3.8, 4) is 0 Å². The Morgan fingerprint density at radius 2 is 1.77 bits per heavy atom. The molecule has 2 fully saturated rings. The lowest BCUT2D eigenvalue weighted by Crippen LogP contribution is -2.38. The SMILES string of the molecule is CCCC(=O)C1=CN(CCCN2CCC(Cc3ccccc3)CC2)C2CCCCC12. The summed E-state index contributed by atoms with van der Waals surface area (Å²) in [6.07, 6.45) is 14.2. The fraction of sp³-hybridized carbons (Fsp3) is 0.667. The van der Waals surface area contributed by atoms with Gasteiger partial charge in [0.1, 0.15) is 0 Å². The second kappa shape index (κ2) is 10.6. The summed E-state index contributed by atoms with van der Waals surface area (Å²) in [6, 6.07) is 11.6. The zero-order valence-electron chi connectivity index (χ0n) is 18.9. The molecular weight excluding hydrogens is 368 g/mol. The van der Waals surface area contributed by atoms with Gasteiger partial charge in [-0.2, -0.15) is 0 Å². The number of nitrogens with zero attached hydrogens (tertiary/aromatic N) is 2. The van der Waals surface area contributed by atoms with E-state index in [1.54, 1.807) is 0 Å². The number of likely N-dealkylation sites (tertiary alicyclic amines) is 1. The lowest BCUT2D eigenvalue weighted by atomic mass is 9.80. The van der Waals surface area contributed by atoms with E-state index in [0.717, 1.165) is 30.9 Å². The molecule has 0 spiro atoms.